The maximum absolute atomic E-state index is 5.91. The van der Waals surface area contributed by atoms with Crippen molar-refractivity contribution in [1.82, 2.24) is 10.6 Å². The van der Waals surface area contributed by atoms with Crippen molar-refractivity contribution in [3.8, 4) is 5.75 Å². The Bertz CT molecular complexity index is 544. The van der Waals surface area contributed by atoms with E-state index in [-0.39, 0.29) is 0 Å². The second kappa shape index (κ2) is 8.38. The predicted molar refractivity (Wildman–Crippen MR) is 96.7 cm³/mol. The lowest BCUT2D eigenvalue weighted by atomic mass is 9.96. The molecule has 2 saturated heterocycles. The summed E-state index contributed by atoms with van der Waals surface area (Å²) in [7, 11) is 1.69. The summed E-state index contributed by atoms with van der Waals surface area (Å²) in [4.78, 5) is 4.72. The molecule has 0 aliphatic carbocycles. The molecule has 5 nitrogen and oxygen atoms in total. The number of aliphatic imine (C=N–C) groups is 1. The van der Waals surface area contributed by atoms with E-state index in [1.54, 1.807) is 7.11 Å². The smallest absolute Gasteiger partial charge is 0.191 e. The SMILES string of the molecule is CCNC(=NCCCc1ccc(OC)cc1)NC1CC2CCC1O2. The normalized spacial score (nSPS) is 25.8. The van der Waals surface area contributed by atoms with Gasteiger partial charge < -0.3 is 20.1 Å². The van der Waals surface area contributed by atoms with E-state index in [1.165, 1.54) is 18.4 Å². The Labute approximate surface area is 144 Å². The number of benzene rings is 1. The fraction of sp³-hybridized carbons (Fsp3) is 0.632. The Morgan fingerprint density at radius 2 is 2.12 bits per heavy atom. The molecule has 2 heterocycles. The number of fused-ring (bicyclic) bond motifs is 2. The Morgan fingerprint density at radius 1 is 1.29 bits per heavy atom. The fourth-order valence-electron chi connectivity index (χ4n) is 3.55. The summed E-state index contributed by atoms with van der Waals surface area (Å²) < 4.78 is 11.1. The molecule has 2 N–H and O–H groups in total. The Balaban J connectivity index is 1.44. The number of hydrogen-bond donors (Lipinski definition) is 2. The zero-order valence-electron chi connectivity index (χ0n) is 14.8. The molecule has 1 aromatic carbocycles. The van der Waals surface area contributed by atoms with Gasteiger partial charge in [0.2, 0.25) is 0 Å². The minimum atomic E-state index is 0.373. The van der Waals surface area contributed by atoms with Crippen LogP contribution >= 0.6 is 0 Å². The second-order valence-corrected chi connectivity index (χ2v) is 6.57. The molecule has 3 unspecified atom stereocenters. The number of methoxy groups -OCH3 is 1. The van der Waals surface area contributed by atoms with Gasteiger partial charge in [-0.05, 0) is 56.7 Å². The van der Waals surface area contributed by atoms with Gasteiger partial charge in [0.05, 0.1) is 25.4 Å². The van der Waals surface area contributed by atoms with Crippen molar-refractivity contribution in [3.63, 3.8) is 0 Å². The quantitative estimate of drug-likeness (QED) is 0.458. The fourth-order valence-corrected chi connectivity index (χ4v) is 3.55. The zero-order valence-corrected chi connectivity index (χ0v) is 14.8. The predicted octanol–water partition coefficient (Wildman–Crippen LogP) is 2.50. The van der Waals surface area contributed by atoms with Crippen LogP contribution in [0.5, 0.6) is 5.75 Å². The monoisotopic (exact) mass is 331 g/mol. The van der Waals surface area contributed by atoms with E-state index >= 15 is 0 Å². The largest absolute Gasteiger partial charge is 0.497 e. The van der Waals surface area contributed by atoms with E-state index in [1.807, 2.05) is 12.1 Å². The topological polar surface area (TPSA) is 54.9 Å². The Kier molecular flexibility index (Phi) is 5.96. The summed E-state index contributed by atoms with van der Waals surface area (Å²) in [5, 5.41) is 6.91. The van der Waals surface area contributed by atoms with Gasteiger partial charge in [0.1, 0.15) is 5.75 Å². The molecule has 0 spiro atoms. The summed E-state index contributed by atoms with van der Waals surface area (Å²) in [6, 6.07) is 8.69. The molecule has 0 radical (unpaired) electrons. The molecule has 0 saturated carbocycles. The van der Waals surface area contributed by atoms with Crippen LogP contribution < -0.4 is 15.4 Å². The van der Waals surface area contributed by atoms with Crippen molar-refractivity contribution in [2.75, 3.05) is 20.2 Å². The molecule has 2 fully saturated rings. The van der Waals surface area contributed by atoms with E-state index in [0.717, 1.165) is 44.1 Å². The highest BCUT2D eigenvalue weighted by molar-refractivity contribution is 5.80. The lowest BCUT2D eigenvalue weighted by molar-refractivity contribution is 0.0992. The molecule has 1 aromatic rings. The van der Waals surface area contributed by atoms with Crippen molar-refractivity contribution in [1.29, 1.82) is 0 Å². The van der Waals surface area contributed by atoms with E-state index in [2.05, 4.69) is 29.7 Å². The van der Waals surface area contributed by atoms with Crippen molar-refractivity contribution < 1.29 is 9.47 Å². The van der Waals surface area contributed by atoms with Crippen LogP contribution in [0.4, 0.5) is 0 Å². The second-order valence-electron chi connectivity index (χ2n) is 6.57. The summed E-state index contributed by atoms with van der Waals surface area (Å²) in [5.74, 6) is 1.83. The van der Waals surface area contributed by atoms with Gasteiger partial charge in [-0.25, -0.2) is 0 Å². The van der Waals surface area contributed by atoms with Gasteiger partial charge in [-0.2, -0.15) is 0 Å². The molecule has 0 aromatic heterocycles. The van der Waals surface area contributed by atoms with Crippen LogP contribution in [0.25, 0.3) is 0 Å². The van der Waals surface area contributed by atoms with E-state index in [0.29, 0.717) is 18.2 Å². The molecule has 24 heavy (non-hydrogen) atoms. The first-order valence-corrected chi connectivity index (χ1v) is 9.11. The highest BCUT2D eigenvalue weighted by Gasteiger charge is 2.41. The van der Waals surface area contributed by atoms with Crippen molar-refractivity contribution >= 4 is 5.96 Å². The number of rotatable bonds is 7. The Morgan fingerprint density at radius 3 is 2.75 bits per heavy atom. The van der Waals surface area contributed by atoms with Crippen LogP contribution in [-0.2, 0) is 11.2 Å². The number of nitrogens with zero attached hydrogens (tertiary/aromatic N) is 1. The maximum Gasteiger partial charge on any atom is 0.191 e. The maximum atomic E-state index is 5.91. The van der Waals surface area contributed by atoms with E-state index in [4.69, 9.17) is 14.5 Å². The van der Waals surface area contributed by atoms with Gasteiger partial charge in [0.15, 0.2) is 5.96 Å². The van der Waals surface area contributed by atoms with Crippen LogP contribution in [0.2, 0.25) is 0 Å². The lowest BCUT2D eigenvalue weighted by Gasteiger charge is -2.22. The molecule has 2 aliphatic heterocycles. The molecule has 0 amide bonds. The summed E-state index contributed by atoms with van der Waals surface area (Å²) in [6.07, 6.45) is 6.42. The molecular weight excluding hydrogens is 302 g/mol. The number of guanidine groups is 1. The molecular formula is C19H29N3O2. The number of aryl methyl sites for hydroxylation is 1. The molecule has 2 bridgehead atoms. The third-order valence-corrected chi connectivity index (χ3v) is 4.82. The van der Waals surface area contributed by atoms with E-state index in [9.17, 15) is 0 Å². The third kappa shape index (κ3) is 4.41. The van der Waals surface area contributed by atoms with Crippen LogP contribution in [-0.4, -0.2) is 44.4 Å². The zero-order chi connectivity index (χ0) is 16.8. The molecule has 5 heteroatoms. The van der Waals surface area contributed by atoms with Crippen LogP contribution in [0, 0.1) is 0 Å². The average Bonchev–Trinajstić information content (AvgIpc) is 3.22. The molecule has 3 atom stereocenters. The number of hydrogen-bond acceptors (Lipinski definition) is 3. The van der Waals surface area contributed by atoms with Gasteiger partial charge in [-0.1, -0.05) is 12.1 Å². The van der Waals surface area contributed by atoms with Crippen LogP contribution in [0.1, 0.15) is 38.2 Å². The summed E-state index contributed by atoms with van der Waals surface area (Å²) in [5.41, 5.74) is 1.32. The van der Waals surface area contributed by atoms with Crippen LogP contribution in [0.15, 0.2) is 29.3 Å². The van der Waals surface area contributed by atoms with E-state index < -0.39 is 0 Å². The first-order chi connectivity index (χ1) is 11.8. The van der Waals surface area contributed by atoms with Gasteiger partial charge >= 0.3 is 0 Å². The van der Waals surface area contributed by atoms with Crippen LogP contribution in [0.3, 0.4) is 0 Å². The first kappa shape index (κ1) is 17.1. The highest BCUT2D eigenvalue weighted by atomic mass is 16.5. The lowest BCUT2D eigenvalue weighted by Crippen LogP contribution is -2.47. The Hall–Kier alpha value is -1.75. The van der Waals surface area contributed by atoms with Gasteiger partial charge in [0, 0.05) is 13.1 Å². The molecule has 2 aliphatic rings. The number of ether oxygens (including phenoxy) is 2. The average molecular weight is 331 g/mol. The minimum absolute atomic E-state index is 0.373. The molecule has 3 rings (SSSR count). The van der Waals surface area contributed by atoms with Gasteiger partial charge in [-0.3, -0.25) is 4.99 Å². The molecule has 132 valence electrons. The minimum Gasteiger partial charge on any atom is -0.497 e. The first-order valence-electron chi connectivity index (χ1n) is 9.11. The van der Waals surface area contributed by atoms with Gasteiger partial charge in [-0.15, -0.1) is 0 Å². The van der Waals surface area contributed by atoms with Crippen molar-refractivity contribution in [2.45, 2.75) is 57.3 Å². The summed E-state index contributed by atoms with van der Waals surface area (Å²) in [6.45, 7) is 3.81. The summed E-state index contributed by atoms with van der Waals surface area (Å²) >= 11 is 0. The highest BCUT2D eigenvalue weighted by Crippen LogP contribution is 2.34. The van der Waals surface area contributed by atoms with Gasteiger partial charge in [0.25, 0.3) is 0 Å². The third-order valence-electron chi connectivity index (χ3n) is 4.82. The number of nitrogens with one attached hydrogen (secondary N) is 2. The van der Waals surface area contributed by atoms with Crippen molar-refractivity contribution in [2.24, 2.45) is 4.99 Å². The standard InChI is InChI=1S/C19H29N3O2/c1-3-20-19(22-17-13-16-10-11-18(17)24-16)21-12-4-5-14-6-8-15(23-2)9-7-14/h6-9,16-18H,3-5,10-13H2,1-2H3,(H2,20,21,22). The van der Waals surface area contributed by atoms with Crippen molar-refractivity contribution in [3.05, 3.63) is 29.8 Å².